The standard InChI is InChI=1S/C20H23F3N2O5S/c1-3-10-30-18-8-7-15(20(21,22)23)13-17(18)25-19(26)14-5-4-6-16(12-14)31(27,28)24-9-11-29-2/h4-8,12-13,24H,3,9-11H2,1-2H3,(H,25,26). The van der Waals surface area contributed by atoms with Gasteiger partial charge in [0.15, 0.2) is 0 Å². The van der Waals surface area contributed by atoms with E-state index in [0.717, 1.165) is 24.3 Å². The third-order valence-corrected chi connectivity index (χ3v) is 5.48. The summed E-state index contributed by atoms with van der Waals surface area (Å²) in [6, 6.07) is 7.91. The highest BCUT2D eigenvalue weighted by molar-refractivity contribution is 7.89. The Bertz CT molecular complexity index is 1010. The smallest absolute Gasteiger partial charge is 0.416 e. The lowest BCUT2D eigenvalue weighted by atomic mass is 10.1. The minimum Gasteiger partial charge on any atom is -0.491 e. The number of nitrogens with one attached hydrogen (secondary N) is 2. The van der Waals surface area contributed by atoms with Crippen molar-refractivity contribution in [1.82, 2.24) is 4.72 Å². The van der Waals surface area contributed by atoms with Gasteiger partial charge in [-0.05, 0) is 42.8 Å². The summed E-state index contributed by atoms with van der Waals surface area (Å²) in [6.07, 6.45) is -3.99. The van der Waals surface area contributed by atoms with E-state index in [1.807, 2.05) is 6.92 Å². The Balaban J connectivity index is 2.30. The number of hydrogen-bond donors (Lipinski definition) is 2. The summed E-state index contributed by atoms with van der Waals surface area (Å²) >= 11 is 0. The third-order valence-electron chi connectivity index (χ3n) is 4.02. The zero-order valence-electron chi connectivity index (χ0n) is 17.0. The van der Waals surface area contributed by atoms with Crippen molar-refractivity contribution in [2.75, 3.05) is 32.2 Å². The Kier molecular flexibility index (Phi) is 8.43. The molecule has 1 amide bonds. The predicted octanol–water partition coefficient (Wildman–Crippen LogP) is 3.67. The molecule has 0 aliphatic rings. The maximum atomic E-state index is 13.1. The maximum Gasteiger partial charge on any atom is 0.416 e. The van der Waals surface area contributed by atoms with Gasteiger partial charge in [0.05, 0.1) is 29.4 Å². The number of carbonyl (C=O) groups is 1. The van der Waals surface area contributed by atoms with Gasteiger partial charge < -0.3 is 14.8 Å². The Morgan fingerprint density at radius 1 is 1.10 bits per heavy atom. The van der Waals surface area contributed by atoms with Gasteiger partial charge >= 0.3 is 6.18 Å². The van der Waals surface area contributed by atoms with Crippen LogP contribution in [0.1, 0.15) is 29.3 Å². The van der Waals surface area contributed by atoms with Gasteiger partial charge in [-0.25, -0.2) is 13.1 Å². The van der Waals surface area contributed by atoms with E-state index >= 15 is 0 Å². The summed E-state index contributed by atoms with van der Waals surface area (Å²) in [4.78, 5) is 12.5. The minimum absolute atomic E-state index is 0.0393. The zero-order valence-corrected chi connectivity index (χ0v) is 17.8. The number of hydrogen-bond acceptors (Lipinski definition) is 5. The van der Waals surface area contributed by atoms with Crippen LogP contribution < -0.4 is 14.8 Å². The predicted molar refractivity (Wildman–Crippen MR) is 109 cm³/mol. The van der Waals surface area contributed by atoms with Gasteiger partial charge in [-0.3, -0.25) is 4.79 Å². The van der Waals surface area contributed by atoms with E-state index in [0.29, 0.717) is 6.42 Å². The largest absolute Gasteiger partial charge is 0.491 e. The number of amides is 1. The molecule has 2 rings (SSSR count). The molecular weight excluding hydrogens is 437 g/mol. The molecule has 2 aromatic rings. The van der Waals surface area contributed by atoms with Gasteiger partial charge in [0.25, 0.3) is 5.91 Å². The van der Waals surface area contributed by atoms with Gasteiger partial charge in [-0.2, -0.15) is 13.2 Å². The third kappa shape index (κ3) is 6.94. The number of sulfonamides is 1. The van der Waals surface area contributed by atoms with Gasteiger partial charge in [0.2, 0.25) is 10.0 Å². The normalized spacial score (nSPS) is 11.9. The van der Waals surface area contributed by atoms with Gasteiger partial charge in [0, 0.05) is 19.2 Å². The number of ether oxygens (including phenoxy) is 2. The van der Waals surface area contributed by atoms with Crippen molar-refractivity contribution in [3.05, 3.63) is 53.6 Å². The molecule has 0 aliphatic carbocycles. The van der Waals surface area contributed by atoms with Crippen LogP contribution in [0.2, 0.25) is 0 Å². The monoisotopic (exact) mass is 460 g/mol. The lowest BCUT2D eigenvalue weighted by Gasteiger charge is -2.15. The first-order chi connectivity index (χ1) is 14.6. The molecular formula is C20H23F3N2O5S. The fourth-order valence-corrected chi connectivity index (χ4v) is 3.56. The first kappa shape index (κ1) is 24.6. The van der Waals surface area contributed by atoms with Crippen LogP contribution in [0.4, 0.5) is 18.9 Å². The molecule has 31 heavy (non-hydrogen) atoms. The van der Waals surface area contributed by atoms with E-state index in [2.05, 4.69) is 10.0 Å². The molecule has 0 radical (unpaired) electrons. The van der Waals surface area contributed by atoms with Crippen LogP contribution in [0.3, 0.4) is 0 Å². The Morgan fingerprint density at radius 3 is 2.48 bits per heavy atom. The van der Waals surface area contributed by atoms with E-state index in [-0.39, 0.29) is 41.7 Å². The zero-order chi connectivity index (χ0) is 23.1. The second-order valence-electron chi connectivity index (χ2n) is 6.43. The topological polar surface area (TPSA) is 93.7 Å². The SMILES string of the molecule is CCCOc1ccc(C(F)(F)F)cc1NC(=O)c1cccc(S(=O)(=O)NCCOC)c1. The average Bonchev–Trinajstić information content (AvgIpc) is 2.72. The van der Waals surface area contributed by atoms with Crippen molar-refractivity contribution in [3.8, 4) is 5.75 Å². The van der Waals surface area contributed by atoms with Crippen LogP contribution in [-0.2, 0) is 20.9 Å². The number of alkyl halides is 3. The fraction of sp³-hybridized carbons (Fsp3) is 0.350. The first-order valence-electron chi connectivity index (χ1n) is 9.32. The van der Waals surface area contributed by atoms with Crippen molar-refractivity contribution in [3.63, 3.8) is 0 Å². The molecule has 0 saturated heterocycles. The summed E-state index contributed by atoms with van der Waals surface area (Å²) in [5, 5.41) is 2.38. The molecule has 0 spiro atoms. The number of methoxy groups -OCH3 is 1. The number of anilines is 1. The van der Waals surface area contributed by atoms with Crippen LogP contribution in [0.5, 0.6) is 5.75 Å². The quantitative estimate of drug-likeness (QED) is 0.528. The molecule has 0 atom stereocenters. The number of benzene rings is 2. The molecule has 7 nitrogen and oxygen atoms in total. The molecule has 0 bridgehead atoms. The Morgan fingerprint density at radius 2 is 1.84 bits per heavy atom. The lowest BCUT2D eigenvalue weighted by Crippen LogP contribution is -2.27. The highest BCUT2D eigenvalue weighted by Gasteiger charge is 2.31. The second kappa shape index (κ2) is 10.6. The molecule has 0 fully saturated rings. The van der Waals surface area contributed by atoms with Crippen molar-refractivity contribution in [2.45, 2.75) is 24.4 Å². The van der Waals surface area contributed by atoms with Crippen molar-refractivity contribution in [2.24, 2.45) is 0 Å². The maximum absolute atomic E-state index is 13.1. The minimum atomic E-state index is -4.61. The summed E-state index contributed by atoms with van der Waals surface area (Å²) < 4.78 is 76.4. The second-order valence-corrected chi connectivity index (χ2v) is 8.20. The molecule has 2 N–H and O–H groups in total. The highest BCUT2D eigenvalue weighted by Crippen LogP contribution is 2.35. The molecule has 0 unspecified atom stereocenters. The van der Waals surface area contributed by atoms with E-state index < -0.39 is 27.7 Å². The fourth-order valence-electron chi connectivity index (χ4n) is 2.50. The number of rotatable bonds is 10. The Hall–Kier alpha value is -2.63. The molecule has 0 aliphatic heterocycles. The van der Waals surface area contributed by atoms with E-state index in [1.54, 1.807) is 0 Å². The van der Waals surface area contributed by atoms with Crippen LogP contribution in [0.15, 0.2) is 47.4 Å². The molecule has 0 saturated carbocycles. The van der Waals surface area contributed by atoms with Crippen molar-refractivity contribution >= 4 is 21.6 Å². The lowest BCUT2D eigenvalue weighted by molar-refractivity contribution is -0.137. The summed E-state index contributed by atoms with van der Waals surface area (Å²) in [7, 11) is -2.47. The summed E-state index contributed by atoms with van der Waals surface area (Å²) in [5.74, 6) is -0.706. The van der Waals surface area contributed by atoms with E-state index in [4.69, 9.17) is 9.47 Å². The summed E-state index contributed by atoms with van der Waals surface area (Å²) in [5.41, 5.74) is -1.17. The van der Waals surface area contributed by atoms with Crippen molar-refractivity contribution in [1.29, 1.82) is 0 Å². The van der Waals surface area contributed by atoms with Crippen LogP contribution in [0.25, 0.3) is 0 Å². The van der Waals surface area contributed by atoms with E-state index in [9.17, 15) is 26.4 Å². The van der Waals surface area contributed by atoms with Crippen LogP contribution in [-0.4, -0.2) is 41.2 Å². The molecule has 11 heteroatoms. The Labute approximate surface area is 178 Å². The average molecular weight is 460 g/mol. The number of carbonyl (C=O) groups excluding carboxylic acids is 1. The van der Waals surface area contributed by atoms with Crippen LogP contribution in [0, 0.1) is 0 Å². The van der Waals surface area contributed by atoms with Gasteiger partial charge in [-0.1, -0.05) is 13.0 Å². The van der Waals surface area contributed by atoms with Gasteiger partial charge in [-0.15, -0.1) is 0 Å². The molecule has 0 heterocycles. The first-order valence-corrected chi connectivity index (χ1v) is 10.8. The summed E-state index contributed by atoms with van der Waals surface area (Å²) in [6.45, 7) is 2.27. The van der Waals surface area contributed by atoms with Gasteiger partial charge in [0.1, 0.15) is 5.75 Å². The molecule has 2 aromatic carbocycles. The molecule has 170 valence electrons. The van der Waals surface area contributed by atoms with Crippen LogP contribution >= 0.6 is 0 Å². The van der Waals surface area contributed by atoms with E-state index in [1.165, 1.54) is 25.3 Å². The molecule has 0 aromatic heterocycles. The number of halogens is 3. The van der Waals surface area contributed by atoms with Crippen molar-refractivity contribution < 1.29 is 35.9 Å². The highest BCUT2D eigenvalue weighted by atomic mass is 32.2.